The van der Waals surface area contributed by atoms with Crippen LogP contribution in [0.15, 0.2) is 0 Å². The summed E-state index contributed by atoms with van der Waals surface area (Å²) in [5.74, 6) is -0.0776. The first kappa shape index (κ1) is 8.24. The van der Waals surface area contributed by atoms with Crippen molar-refractivity contribution in [3.8, 4) is 0 Å². The summed E-state index contributed by atoms with van der Waals surface area (Å²) in [6.07, 6.45) is 1.48. The van der Waals surface area contributed by atoms with Crippen molar-refractivity contribution < 1.29 is 9.59 Å². The van der Waals surface area contributed by atoms with Crippen molar-refractivity contribution in [3.05, 3.63) is 0 Å². The van der Waals surface area contributed by atoms with Gasteiger partial charge in [0.25, 0.3) is 0 Å². The third kappa shape index (κ3) is 1.15. The molecule has 0 aromatic heterocycles. The van der Waals surface area contributed by atoms with E-state index in [-0.39, 0.29) is 18.1 Å². The molecule has 0 radical (unpaired) electrons. The Balaban J connectivity index is 2.84. The van der Waals surface area contributed by atoms with E-state index in [4.69, 9.17) is 0 Å². The van der Waals surface area contributed by atoms with Crippen molar-refractivity contribution in [2.45, 2.75) is 38.6 Å². The Morgan fingerprint density at radius 1 is 1.36 bits per heavy atom. The van der Waals surface area contributed by atoms with Crippen molar-refractivity contribution >= 4 is 11.7 Å². The molecule has 1 N–H and O–H groups in total. The fraction of sp³-hybridized carbons (Fsp3) is 0.750. The third-order valence-corrected chi connectivity index (χ3v) is 2.44. The molecular formula is C8H13NO2. The second-order valence-corrected chi connectivity index (χ2v) is 2.94. The minimum Gasteiger partial charge on any atom is -0.343 e. The van der Waals surface area contributed by atoms with E-state index in [1.165, 1.54) is 0 Å². The number of nitrogens with one attached hydrogen (secondary N) is 1. The van der Waals surface area contributed by atoms with E-state index < -0.39 is 5.54 Å². The largest absolute Gasteiger partial charge is 0.343 e. The SMILES string of the molecule is CCC1(CC)NC(=O)CC1=O. The van der Waals surface area contributed by atoms with Crippen LogP contribution in [0, 0.1) is 0 Å². The highest BCUT2D eigenvalue weighted by Crippen LogP contribution is 2.23. The maximum absolute atomic E-state index is 11.3. The van der Waals surface area contributed by atoms with Gasteiger partial charge >= 0.3 is 0 Å². The zero-order chi connectivity index (χ0) is 8.48. The molecule has 1 aliphatic heterocycles. The molecule has 0 aliphatic carbocycles. The zero-order valence-corrected chi connectivity index (χ0v) is 6.94. The first-order valence-corrected chi connectivity index (χ1v) is 3.99. The maximum Gasteiger partial charge on any atom is 0.228 e. The van der Waals surface area contributed by atoms with E-state index in [0.717, 1.165) is 0 Å². The van der Waals surface area contributed by atoms with Crippen LogP contribution < -0.4 is 5.32 Å². The molecule has 1 fully saturated rings. The van der Waals surface area contributed by atoms with Gasteiger partial charge in [0, 0.05) is 0 Å². The van der Waals surface area contributed by atoms with E-state index in [1.54, 1.807) is 0 Å². The summed E-state index contributed by atoms with van der Waals surface area (Å²) in [5, 5.41) is 2.73. The Labute approximate surface area is 66.2 Å². The van der Waals surface area contributed by atoms with Gasteiger partial charge in [0.15, 0.2) is 5.78 Å². The molecule has 0 atom stereocenters. The van der Waals surface area contributed by atoms with Crippen molar-refractivity contribution in [2.24, 2.45) is 0 Å². The summed E-state index contributed by atoms with van der Waals surface area (Å²) in [7, 11) is 0. The highest BCUT2D eigenvalue weighted by molar-refractivity contribution is 6.10. The fourth-order valence-electron chi connectivity index (χ4n) is 1.52. The summed E-state index contributed by atoms with van der Waals surface area (Å²) in [5.41, 5.74) is -0.531. The second-order valence-electron chi connectivity index (χ2n) is 2.94. The van der Waals surface area contributed by atoms with Gasteiger partial charge in [-0.1, -0.05) is 13.8 Å². The van der Waals surface area contributed by atoms with Crippen molar-refractivity contribution in [1.29, 1.82) is 0 Å². The monoisotopic (exact) mass is 155 g/mol. The van der Waals surface area contributed by atoms with Crippen LogP contribution in [0.25, 0.3) is 0 Å². The average molecular weight is 155 g/mol. The molecule has 0 spiro atoms. The number of amides is 1. The molecule has 0 aromatic rings. The Kier molecular flexibility index (Phi) is 1.98. The van der Waals surface area contributed by atoms with Crippen LogP contribution in [0.1, 0.15) is 33.1 Å². The lowest BCUT2D eigenvalue weighted by Gasteiger charge is -2.23. The van der Waals surface area contributed by atoms with E-state index in [1.807, 2.05) is 13.8 Å². The van der Waals surface area contributed by atoms with Crippen LogP contribution in [0.5, 0.6) is 0 Å². The molecule has 0 aromatic carbocycles. The minimum absolute atomic E-state index is 0.0486. The van der Waals surface area contributed by atoms with Gasteiger partial charge in [0.1, 0.15) is 0 Å². The Bertz CT molecular complexity index is 194. The zero-order valence-electron chi connectivity index (χ0n) is 6.94. The van der Waals surface area contributed by atoms with Crippen LogP contribution in [-0.2, 0) is 9.59 Å². The smallest absolute Gasteiger partial charge is 0.228 e. The number of carbonyl (C=O) groups excluding carboxylic acids is 2. The normalized spacial score (nSPS) is 22.0. The first-order valence-electron chi connectivity index (χ1n) is 3.99. The molecule has 0 saturated carbocycles. The van der Waals surface area contributed by atoms with Crippen molar-refractivity contribution in [1.82, 2.24) is 5.32 Å². The molecule has 1 heterocycles. The lowest BCUT2D eigenvalue weighted by atomic mass is 9.90. The Morgan fingerprint density at radius 2 is 1.91 bits per heavy atom. The summed E-state index contributed by atoms with van der Waals surface area (Å²) >= 11 is 0. The van der Waals surface area contributed by atoms with Gasteiger partial charge in [-0.2, -0.15) is 0 Å². The van der Waals surface area contributed by atoms with E-state index >= 15 is 0 Å². The van der Waals surface area contributed by atoms with Crippen LogP contribution in [0.2, 0.25) is 0 Å². The highest BCUT2D eigenvalue weighted by atomic mass is 16.2. The molecule has 0 bridgehead atoms. The van der Waals surface area contributed by atoms with Gasteiger partial charge in [-0.15, -0.1) is 0 Å². The number of Topliss-reactive ketones (excluding diaryl/α,β-unsaturated/α-hetero) is 1. The van der Waals surface area contributed by atoms with Gasteiger partial charge in [-0.25, -0.2) is 0 Å². The van der Waals surface area contributed by atoms with Crippen LogP contribution in [0.4, 0.5) is 0 Å². The van der Waals surface area contributed by atoms with Crippen LogP contribution >= 0.6 is 0 Å². The summed E-state index contributed by atoms with van der Waals surface area (Å²) < 4.78 is 0. The molecule has 3 nitrogen and oxygen atoms in total. The quantitative estimate of drug-likeness (QED) is 0.594. The van der Waals surface area contributed by atoms with E-state index in [0.29, 0.717) is 12.8 Å². The molecule has 11 heavy (non-hydrogen) atoms. The van der Waals surface area contributed by atoms with Gasteiger partial charge in [0.2, 0.25) is 5.91 Å². The lowest BCUT2D eigenvalue weighted by Crippen LogP contribution is -2.45. The standard InChI is InChI=1S/C8H13NO2/c1-3-8(4-2)6(10)5-7(11)9-8/h3-5H2,1-2H3,(H,9,11). The van der Waals surface area contributed by atoms with Gasteiger partial charge < -0.3 is 5.32 Å². The molecule has 1 aliphatic rings. The minimum atomic E-state index is -0.531. The molecule has 0 unspecified atom stereocenters. The fourth-order valence-corrected chi connectivity index (χ4v) is 1.52. The number of rotatable bonds is 2. The second kappa shape index (κ2) is 2.64. The molecule has 3 heteroatoms. The number of hydrogen-bond acceptors (Lipinski definition) is 2. The predicted molar refractivity (Wildman–Crippen MR) is 41.1 cm³/mol. The summed E-state index contributed by atoms with van der Waals surface area (Å²) in [6, 6.07) is 0. The predicted octanol–water partition coefficient (Wildman–Crippen LogP) is 0.634. The maximum atomic E-state index is 11.3. The molecular weight excluding hydrogens is 142 g/mol. The van der Waals surface area contributed by atoms with Gasteiger partial charge in [-0.05, 0) is 12.8 Å². The summed E-state index contributed by atoms with van der Waals surface area (Å²) in [4.78, 5) is 22.1. The topological polar surface area (TPSA) is 46.2 Å². The first-order chi connectivity index (χ1) is 5.14. The van der Waals surface area contributed by atoms with E-state index in [2.05, 4.69) is 5.32 Å². The lowest BCUT2D eigenvalue weighted by molar-refractivity contribution is -0.123. The summed E-state index contributed by atoms with van der Waals surface area (Å²) in [6.45, 7) is 3.85. The van der Waals surface area contributed by atoms with Crippen molar-refractivity contribution in [2.75, 3.05) is 0 Å². The Morgan fingerprint density at radius 3 is 2.09 bits per heavy atom. The molecule has 62 valence electrons. The average Bonchev–Trinajstić information content (AvgIpc) is 2.27. The third-order valence-electron chi connectivity index (χ3n) is 2.44. The van der Waals surface area contributed by atoms with Gasteiger partial charge in [0.05, 0.1) is 12.0 Å². The molecule has 1 saturated heterocycles. The molecule has 1 rings (SSSR count). The van der Waals surface area contributed by atoms with E-state index in [9.17, 15) is 9.59 Å². The van der Waals surface area contributed by atoms with Gasteiger partial charge in [-0.3, -0.25) is 9.59 Å². The van der Waals surface area contributed by atoms with Crippen molar-refractivity contribution in [3.63, 3.8) is 0 Å². The Hall–Kier alpha value is -0.860. The number of carbonyl (C=O) groups is 2. The van der Waals surface area contributed by atoms with Crippen LogP contribution in [-0.4, -0.2) is 17.2 Å². The van der Waals surface area contributed by atoms with Crippen LogP contribution in [0.3, 0.4) is 0 Å². The number of hydrogen-bond donors (Lipinski definition) is 1. The molecule has 1 amide bonds. The number of ketones is 1. The highest BCUT2D eigenvalue weighted by Gasteiger charge is 2.42.